The van der Waals surface area contributed by atoms with Gasteiger partial charge in [-0.25, -0.2) is 4.99 Å². The van der Waals surface area contributed by atoms with E-state index in [2.05, 4.69) is 62.7 Å². The molecule has 2 heterocycles. The summed E-state index contributed by atoms with van der Waals surface area (Å²) in [7, 11) is 3.53. The summed E-state index contributed by atoms with van der Waals surface area (Å²) in [5, 5.41) is 7.03. The molecule has 2 aliphatic rings. The topological polar surface area (TPSA) is 72.4 Å². The van der Waals surface area contributed by atoms with E-state index in [9.17, 15) is 4.79 Å². The molecular formula is C24H41IN6O2. The van der Waals surface area contributed by atoms with E-state index in [4.69, 9.17) is 4.74 Å². The highest BCUT2D eigenvalue weighted by Gasteiger charge is 2.24. The summed E-state index contributed by atoms with van der Waals surface area (Å²) in [6, 6.07) is 11.5. The molecule has 2 fully saturated rings. The van der Waals surface area contributed by atoms with Gasteiger partial charge in [0.05, 0.1) is 13.2 Å². The largest absolute Gasteiger partial charge is 0.379 e. The normalized spacial score (nSPS) is 19.4. The van der Waals surface area contributed by atoms with Crippen molar-refractivity contribution in [1.29, 1.82) is 0 Å². The molecule has 0 radical (unpaired) electrons. The molecule has 2 N–H and O–H groups in total. The van der Waals surface area contributed by atoms with Crippen molar-refractivity contribution in [2.24, 2.45) is 4.99 Å². The Bertz CT molecular complexity index is 719. The van der Waals surface area contributed by atoms with Gasteiger partial charge in [-0.05, 0) is 25.3 Å². The second-order valence-electron chi connectivity index (χ2n) is 8.88. The van der Waals surface area contributed by atoms with Crippen LogP contribution in [-0.2, 0) is 9.53 Å². The number of amides is 1. The molecule has 186 valence electrons. The summed E-state index contributed by atoms with van der Waals surface area (Å²) in [6.45, 7) is 9.83. The second kappa shape index (κ2) is 14.7. The molecule has 0 saturated carbocycles. The Morgan fingerprint density at radius 2 is 1.82 bits per heavy atom. The number of rotatable bonds is 8. The first-order valence-electron chi connectivity index (χ1n) is 11.9. The van der Waals surface area contributed by atoms with Gasteiger partial charge in [0.15, 0.2) is 5.96 Å². The number of aliphatic imine (C=N–C) groups is 1. The summed E-state index contributed by atoms with van der Waals surface area (Å²) in [6.07, 6.45) is 2.12. The molecule has 1 amide bonds. The maximum atomic E-state index is 12.0. The van der Waals surface area contributed by atoms with Crippen LogP contribution >= 0.6 is 24.0 Å². The highest BCUT2D eigenvalue weighted by Crippen LogP contribution is 2.23. The monoisotopic (exact) mass is 572 g/mol. The lowest BCUT2D eigenvalue weighted by molar-refractivity contribution is -0.127. The predicted molar refractivity (Wildman–Crippen MR) is 144 cm³/mol. The number of piperidine rings is 1. The molecule has 0 aromatic heterocycles. The maximum absolute atomic E-state index is 12.0. The zero-order chi connectivity index (χ0) is 22.8. The van der Waals surface area contributed by atoms with Crippen LogP contribution in [0.5, 0.6) is 0 Å². The first-order chi connectivity index (χ1) is 15.5. The van der Waals surface area contributed by atoms with E-state index in [0.717, 1.165) is 71.3 Å². The smallest absolute Gasteiger partial charge is 0.243 e. The molecule has 1 aromatic rings. The van der Waals surface area contributed by atoms with Crippen LogP contribution in [0, 0.1) is 0 Å². The van der Waals surface area contributed by atoms with Gasteiger partial charge in [-0.3, -0.25) is 14.6 Å². The van der Waals surface area contributed by atoms with Gasteiger partial charge in [0, 0.05) is 65.4 Å². The lowest BCUT2D eigenvalue weighted by Gasteiger charge is -2.37. The zero-order valence-electron chi connectivity index (χ0n) is 20.3. The fourth-order valence-corrected chi connectivity index (χ4v) is 4.16. The van der Waals surface area contributed by atoms with Gasteiger partial charge in [-0.15, -0.1) is 24.0 Å². The van der Waals surface area contributed by atoms with Crippen LogP contribution in [0.3, 0.4) is 0 Å². The van der Waals surface area contributed by atoms with Crippen molar-refractivity contribution in [3.05, 3.63) is 35.9 Å². The third kappa shape index (κ3) is 9.38. The summed E-state index contributed by atoms with van der Waals surface area (Å²) >= 11 is 0. The lowest BCUT2D eigenvalue weighted by atomic mass is 10.0. The van der Waals surface area contributed by atoms with E-state index in [-0.39, 0.29) is 36.4 Å². The van der Waals surface area contributed by atoms with Crippen LogP contribution in [0.15, 0.2) is 35.3 Å². The molecule has 2 saturated heterocycles. The SMILES string of the molecule is CC(c1ccccc1)N1CCC(NC(=NCC(=O)N(C)C)NCCN2CCOCC2)CC1.I. The summed E-state index contributed by atoms with van der Waals surface area (Å²) in [5.41, 5.74) is 1.37. The quantitative estimate of drug-likeness (QED) is 0.281. The molecule has 0 spiro atoms. The number of hydrogen-bond donors (Lipinski definition) is 2. The number of halogens is 1. The number of ether oxygens (including phenoxy) is 1. The summed E-state index contributed by atoms with van der Waals surface area (Å²) < 4.78 is 5.42. The van der Waals surface area contributed by atoms with Crippen LogP contribution in [0.4, 0.5) is 0 Å². The number of carbonyl (C=O) groups excluding carboxylic acids is 1. The fraction of sp³-hybridized carbons (Fsp3) is 0.667. The van der Waals surface area contributed by atoms with Crippen LogP contribution in [-0.4, -0.2) is 106 Å². The molecular weight excluding hydrogens is 531 g/mol. The van der Waals surface area contributed by atoms with E-state index >= 15 is 0 Å². The average Bonchev–Trinajstić information content (AvgIpc) is 2.83. The van der Waals surface area contributed by atoms with Crippen LogP contribution in [0.2, 0.25) is 0 Å². The highest BCUT2D eigenvalue weighted by molar-refractivity contribution is 14.0. The van der Waals surface area contributed by atoms with Gasteiger partial charge in [0.2, 0.25) is 5.91 Å². The number of hydrogen-bond acceptors (Lipinski definition) is 5. The van der Waals surface area contributed by atoms with Gasteiger partial charge >= 0.3 is 0 Å². The van der Waals surface area contributed by atoms with E-state index in [1.807, 2.05) is 0 Å². The van der Waals surface area contributed by atoms with Crippen molar-refractivity contribution in [2.75, 3.05) is 73.1 Å². The Morgan fingerprint density at radius 1 is 1.15 bits per heavy atom. The molecule has 0 aliphatic carbocycles. The van der Waals surface area contributed by atoms with E-state index in [1.165, 1.54) is 5.56 Å². The highest BCUT2D eigenvalue weighted by atomic mass is 127. The molecule has 0 bridgehead atoms. The Balaban J connectivity index is 0.00000385. The van der Waals surface area contributed by atoms with Gasteiger partial charge in [0.25, 0.3) is 0 Å². The van der Waals surface area contributed by atoms with Crippen molar-refractivity contribution in [3.8, 4) is 0 Å². The van der Waals surface area contributed by atoms with Crippen molar-refractivity contribution >= 4 is 35.8 Å². The molecule has 3 rings (SSSR count). The van der Waals surface area contributed by atoms with Crippen molar-refractivity contribution in [2.45, 2.75) is 31.8 Å². The van der Waals surface area contributed by atoms with Gasteiger partial charge in [-0.1, -0.05) is 30.3 Å². The molecule has 2 aliphatic heterocycles. The summed E-state index contributed by atoms with van der Waals surface area (Å²) in [4.78, 5) is 23.1. The molecule has 8 nitrogen and oxygen atoms in total. The van der Waals surface area contributed by atoms with Crippen molar-refractivity contribution in [3.63, 3.8) is 0 Å². The van der Waals surface area contributed by atoms with Crippen LogP contribution in [0.1, 0.15) is 31.4 Å². The third-order valence-electron chi connectivity index (χ3n) is 6.40. The lowest BCUT2D eigenvalue weighted by Crippen LogP contribution is -2.50. The molecule has 9 heteroatoms. The van der Waals surface area contributed by atoms with Crippen LogP contribution < -0.4 is 10.6 Å². The maximum Gasteiger partial charge on any atom is 0.243 e. The number of likely N-dealkylation sites (N-methyl/N-ethyl adjacent to an activating group) is 1. The Hall–Kier alpha value is -1.43. The minimum absolute atomic E-state index is 0. The van der Waals surface area contributed by atoms with Crippen LogP contribution in [0.25, 0.3) is 0 Å². The predicted octanol–water partition coefficient (Wildman–Crippen LogP) is 1.79. The van der Waals surface area contributed by atoms with E-state index in [1.54, 1.807) is 19.0 Å². The number of guanidine groups is 1. The summed E-state index contributed by atoms with van der Waals surface area (Å²) in [5.74, 6) is 0.744. The Labute approximate surface area is 216 Å². The first kappa shape index (κ1) is 27.8. The minimum Gasteiger partial charge on any atom is -0.379 e. The molecule has 1 atom stereocenters. The second-order valence-corrected chi connectivity index (χ2v) is 8.88. The number of morpholine rings is 1. The van der Waals surface area contributed by atoms with Crippen molar-refractivity contribution < 1.29 is 9.53 Å². The molecule has 33 heavy (non-hydrogen) atoms. The molecule has 1 aromatic carbocycles. The van der Waals surface area contributed by atoms with Gasteiger partial charge in [0.1, 0.15) is 6.54 Å². The first-order valence-corrected chi connectivity index (χ1v) is 11.9. The van der Waals surface area contributed by atoms with Gasteiger partial charge < -0.3 is 20.3 Å². The Morgan fingerprint density at radius 3 is 2.45 bits per heavy atom. The number of nitrogens with zero attached hydrogens (tertiary/aromatic N) is 4. The van der Waals surface area contributed by atoms with E-state index < -0.39 is 0 Å². The van der Waals surface area contributed by atoms with Crippen molar-refractivity contribution in [1.82, 2.24) is 25.3 Å². The average molecular weight is 573 g/mol. The molecule has 1 unspecified atom stereocenters. The van der Waals surface area contributed by atoms with E-state index in [0.29, 0.717) is 12.1 Å². The van der Waals surface area contributed by atoms with Gasteiger partial charge in [-0.2, -0.15) is 0 Å². The number of carbonyl (C=O) groups is 1. The number of benzene rings is 1. The number of likely N-dealkylation sites (tertiary alicyclic amines) is 1. The standard InChI is InChI=1S/C24H40N6O2.HI/c1-20(21-7-5-4-6-8-21)30-12-9-22(10-13-30)27-24(26-19-23(31)28(2)3)25-11-14-29-15-17-32-18-16-29;/h4-8,20,22H,9-19H2,1-3H3,(H2,25,26,27);1H. The third-order valence-corrected chi connectivity index (χ3v) is 6.40. The zero-order valence-corrected chi connectivity index (χ0v) is 22.7. The Kier molecular flexibility index (Phi) is 12.4. The minimum atomic E-state index is 0. The fourth-order valence-electron chi connectivity index (χ4n) is 4.16. The number of nitrogens with one attached hydrogen (secondary N) is 2.